The number of anilines is 1. The maximum absolute atomic E-state index is 3.46. The van der Waals surface area contributed by atoms with Crippen LogP contribution in [0.2, 0.25) is 0 Å². The SMILES string of the molecule is Cc1ccccc1/C=C1\CNc2ccccc2S1. The quantitative estimate of drug-likeness (QED) is 0.800. The lowest BCUT2D eigenvalue weighted by molar-refractivity contribution is 1.24. The topological polar surface area (TPSA) is 12.0 Å². The fourth-order valence-corrected chi connectivity index (χ4v) is 3.07. The smallest absolute Gasteiger partial charge is 0.0484 e. The van der Waals surface area contributed by atoms with Gasteiger partial charge in [-0.1, -0.05) is 48.2 Å². The third-order valence-corrected chi connectivity index (χ3v) is 4.19. The Balaban J connectivity index is 1.90. The Kier molecular flexibility index (Phi) is 3.11. The van der Waals surface area contributed by atoms with Crippen molar-refractivity contribution in [2.24, 2.45) is 0 Å². The molecule has 0 spiro atoms. The Morgan fingerprint density at radius 1 is 1.06 bits per heavy atom. The van der Waals surface area contributed by atoms with Gasteiger partial charge in [0.2, 0.25) is 0 Å². The number of nitrogens with one attached hydrogen (secondary N) is 1. The zero-order chi connectivity index (χ0) is 12.4. The summed E-state index contributed by atoms with van der Waals surface area (Å²) in [5.41, 5.74) is 3.87. The van der Waals surface area contributed by atoms with E-state index in [4.69, 9.17) is 0 Å². The van der Waals surface area contributed by atoms with Gasteiger partial charge in [0.1, 0.15) is 0 Å². The summed E-state index contributed by atoms with van der Waals surface area (Å²) < 4.78 is 0. The van der Waals surface area contributed by atoms with Crippen molar-refractivity contribution in [3.63, 3.8) is 0 Å². The Labute approximate surface area is 112 Å². The number of thioether (sulfide) groups is 1. The molecule has 1 aliphatic rings. The third kappa shape index (κ3) is 2.29. The van der Waals surface area contributed by atoms with Crippen LogP contribution in [0.15, 0.2) is 58.3 Å². The molecule has 3 rings (SSSR count). The lowest BCUT2D eigenvalue weighted by atomic mass is 10.1. The van der Waals surface area contributed by atoms with E-state index < -0.39 is 0 Å². The number of rotatable bonds is 1. The number of aryl methyl sites for hydroxylation is 1. The van der Waals surface area contributed by atoms with Crippen LogP contribution in [0.5, 0.6) is 0 Å². The van der Waals surface area contributed by atoms with Crippen LogP contribution in [0.1, 0.15) is 11.1 Å². The summed E-state index contributed by atoms with van der Waals surface area (Å²) >= 11 is 1.86. The number of hydrogen-bond donors (Lipinski definition) is 1. The Morgan fingerprint density at radius 2 is 1.83 bits per heavy atom. The Morgan fingerprint density at radius 3 is 2.72 bits per heavy atom. The predicted molar refractivity (Wildman–Crippen MR) is 79.9 cm³/mol. The Bertz CT molecular complexity index is 602. The fraction of sp³-hybridized carbons (Fsp3) is 0.125. The van der Waals surface area contributed by atoms with Gasteiger partial charge in [0.25, 0.3) is 0 Å². The molecule has 2 aromatic carbocycles. The number of benzene rings is 2. The first kappa shape index (κ1) is 11.4. The molecule has 2 heteroatoms. The minimum Gasteiger partial charge on any atom is -0.380 e. The van der Waals surface area contributed by atoms with Crippen molar-refractivity contribution in [2.75, 3.05) is 11.9 Å². The highest BCUT2D eigenvalue weighted by atomic mass is 32.2. The summed E-state index contributed by atoms with van der Waals surface area (Å²) in [5, 5.41) is 3.46. The van der Waals surface area contributed by atoms with Gasteiger partial charge in [-0.15, -0.1) is 0 Å². The summed E-state index contributed by atoms with van der Waals surface area (Å²) in [5.74, 6) is 0. The van der Waals surface area contributed by atoms with Crippen molar-refractivity contribution >= 4 is 23.5 Å². The van der Waals surface area contributed by atoms with Crippen molar-refractivity contribution in [3.05, 3.63) is 64.6 Å². The van der Waals surface area contributed by atoms with Crippen LogP contribution < -0.4 is 5.32 Å². The summed E-state index contributed by atoms with van der Waals surface area (Å²) in [6.07, 6.45) is 2.28. The fourth-order valence-electron chi connectivity index (χ4n) is 2.06. The van der Waals surface area contributed by atoms with Gasteiger partial charge in [0.05, 0.1) is 0 Å². The highest BCUT2D eigenvalue weighted by molar-refractivity contribution is 8.03. The van der Waals surface area contributed by atoms with Crippen LogP contribution in [0.25, 0.3) is 6.08 Å². The maximum Gasteiger partial charge on any atom is 0.0484 e. The van der Waals surface area contributed by atoms with E-state index in [1.807, 2.05) is 11.8 Å². The van der Waals surface area contributed by atoms with Gasteiger partial charge in [-0.25, -0.2) is 0 Å². The van der Waals surface area contributed by atoms with Crippen LogP contribution in [0, 0.1) is 6.92 Å². The molecule has 0 bridgehead atoms. The highest BCUT2D eigenvalue weighted by Crippen LogP contribution is 2.37. The summed E-state index contributed by atoms with van der Waals surface area (Å²) in [6, 6.07) is 17.0. The second-order valence-electron chi connectivity index (χ2n) is 4.42. The van der Waals surface area contributed by atoms with E-state index in [1.54, 1.807) is 0 Å². The van der Waals surface area contributed by atoms with Gasteiger partial charge in [0, 0.05) is 22.0 Å². The summed E-state index contributed by atoms with van der Waals surface area (Å²) in [7, 11) is 0. The lowest BCUT2D eigenvalue weighted by Crippen LogP contribution is -2.08. The van der Waals surface area contributed by atoms with Gasteiger partial charge in [-0.05, 0) is 36.3 Å². The summed E-state index contributed by atoms with van der Waals surface area (Å²) in [6.45, 7) is 3.07. The molecule has 0 aromatic heterocycles. The van der Waals surface area contributed by atoms with Gasteiger partial charge >= 0.3 is 0 Å². The van der Waals surface area contributed by atoms with Crippen molar-refractivity contribution < 1.29 is 0 Å². The largest absolute Gasteiger partial charge is 0.380 e. The molecule has 1 nitrogen and oxygen atoms in total. The zero-order valence-corrected chi connectivity index (χ0v) is 11.1. The van der Waals surface area contributed by atoms with Crippen LogP contribution >= 0.6 is 11.8 Å². The van der Waals surface area contributed by atoms with Crippen molar-refractivity contribution in [2.45, 2.75) is 11.8 Å². The minimum absolute atomic E-state index is 0.913. The second kappa shape index (κ2) is 4.91. The van der Waals surface area contributed by atoms with Crippen LogP contribution in [0.4, 0.5) is 5.69 Å². The molecule has 0 aliphatic carbocycles. The van der Waals surface area contributed by atoms with Crippen LogP contribution in [-0.2, 0) is 0 Å². The molecule has 0 saturated carbocycles. The van der Waals surface area contributed by atoms with Crippen molar-refractivity contribution in [1.29, 1.82) is 0 Å². The maximum atomic E-state index is 3.46. The van der Waals surface area contributed by atoms with Crippen LogP contribution in [0.3, 0.4) is 0 Å². The Hall–Kier alpha value is -1.67. The van der Waals surface area contributed by atoms with Gasteiger partial charge in [-0.2, -0.15) is 0 Å². The molecule has 18 heavy (non-hydrogen) atoms. The molecule has 1 N–H and O–H groups in total. The molecular formula is C16H15NS. The monoisotopic (exact) mass is 253 g/mol. The first-order valence-corrected chi connectivity index (χ1v) is 6.91. The molecule has 2 aromatic rings. The average molecular weight is 253 g/mol. The molecule has 1 aliphatic heterocycles. The van der Waals surface area contributed by atoms with E-state index in [0.29, 0.717) is 0 Å². The summed E-state index contributed by atoms with van der Waals surface area (Å²) in [4.78, 5) is 2.67. The second-order valence-corrected chi connectivity index (χ2v) is 5.59. The molecule has 0 radical (unpaired) electrons. The molecule has 90 valence electrons. The van der Waals surface area contributed by atoms with Crippen LogP contribution in [-0.4, -0.2) is 6.54 Å². The van der Waals surface area contributed by atoms with E-state index in [9.17, 15) is 0 Å². The number of fused-ring (bicyclic) bond motifs is 1. The van der Waals surface area contributed by atoms with Crippen molar-refractivity contribution in [1.82, 2.24) is 0 Å². The minimum atomic E-state index is 0.913. The third-order valence-electron chi connectivity index (χ3n) is 3.09. The predicted octanol–water partition coefficient (Wildman–Crippen LogP) is 4.55. The molecule has 0 unspecified atom stereocenters. The molecule has 0 amide bonds. The van der Waals surface area contributed by atoms with Gasteiger partial charge in [0.15, 0.2) is 0 Å². The molecule has 0 fully saturated rings. The standard InChI is InChI=1S/C16H15NS/c1-12-6-2-3-7-13(12)10-14-11-17-15-8-4-5-9-16(15)18-14/h2-10,17H,11H2,1H3/b14-10+. The molecule has 1 heterocycles. The average Bonchev–Trinajstić information content (AvgIpc) is 2.41. The van der Waals surface area contributed by atoms with E-state index in [0.717, 1.165) is 6.54 Å². The zero-order valence-electron chi connectivity index (χ0n) is 10.3. The first-order chi connectivity index (χ1) is 8.83. The molecule has 0 saturated heterocycles. The van der Waals surface area contributed by atoms with E-state index in [2.05, 4.69) is 66.8 Å². The van der Waals surface area contributed by atoms with Crippen molar-refractivity contribution in [3.8, 4) is 0 Å². The molecular weight excluding hydrogens is 238 g/mol. The number of hydrogen-bond acceptors (Lipinski definition) is 2. The normalized spacial score (nSPS) is 16.2. The van der Waals surface area contributed by atoms with E-state index >= 15 is 0 Å². The van der Waals surface area contributed by atoms with Gasteiger partial charge < -0.3 is 5.32 Å². The van der Waals surface area contributed by atoms with E-state index in [-0.39, 0.29) is 0 Å². The number of para-hydroxylation sites is 1. The molecule has 0 atom stereocenters. The van der Waals surface area contributed by atoms with E-state index in [1.165, 1.54) is 26.6 Å². The van der Waals surface area contributed by atoms with Gasteiger partial charge in [-0.3, -0.25) is 0 Å². The highest BCUT2D eigenvalue weighted by Gasteiger charge is 2.12. The lowest BCUT2D eigenvalue weighted by Gasteiger charge is -2.20. The first-order valence-electron chi connectivity index (χ1n) is 6.10.